The van der Waals surface area contributed by atoms with Crippen LogP contribution in [-0.4, -0.2) is 36.5 Å². The van der Waals surface area contributed by atoms with Crippen molar-refractivity contribution < 1.29 is 19.0 Å². The minimum atomic E-state index is -0.379. The summed E-state index contributed by atoms with van der Waals surface area (Å²) in [6, 6.07) is 0. The molecule has 0 aromatic heterocycles. The maximum Gasteiger partial charge on any atom is 0.169 e. The third kappa shape index (κ3) is 3.74. The lowest BCUT2D eigenvalue weighted by molar-refractivity contribution is -0.259. The number of hydrogen-bond donors (Lipinski definition) is 0. The van der Waals surface area contributed by atoms with Gasteiger partial charge in [-0.2, -0.15) is 0 Å². The number of carbonyl (C=O) groups excluding carboxylic acids is 1. The van der Waals surface area contributed by atoms with E-state index in [0.29, 0.717) is 41.5 Å². The molecule has 0 aromatic rings. The first-order valence-electron chi connectivity index (χ1n) is 15.6. The lowest BCUT2D eigenvalue weighted by atomic mass is 9.42. The second-order valence-electron chi connectivity index (χ2n) is 15.0. The van der Waals surface area contributed by atoms with Crippen LogP contribution >= 0.6 is 0 Å². The highest BCUT2D eigenvalue weighted by atomic mass is 16.7. The lowest BCUT2D eigenvalue weighted by Gasteiger charge is -2.64. The number of ether oxygens (including phenoxy) is 3. The smallest absolute Gasteiger partial charge is 0.169 e. The van der Waals surface area contributed by atoms with Gasteiger partial charge in [-0.05, 0) is 97.4 Å². The molecule has 11 atom stereocenters. The fraction of sp³-hybridized carbons (Fsp3) is 0.909. The summed E-state index contributed by atoms with van der Waals surface area (Å²) in [6.07, 6.45) is 11.0. The van der Waals surface area contributed by atoms with Crippen molar-refractivity contribution in [3.8, 4) is 0 Å². The minimum absolute atomic E-state index is 0.139. The van der Waals surface area contributed by atoms with Gasteiger partial charge in [0.15, 0.2) is 5.79 Å². The maximum absolute atomic E-state index is 13.8. The first-order chi connectivity index (χ1) is 17.4. The van der Waals surface area contributed by atoms with E-state index in [1.165, 1.54) is 24.8 Å². The Kier molecular flexibility index (Phi) is 6.37. The van der Waals surface area contributed by atoms with Gasteiger partial charge >= 0.3 is 0 Å². The van der Waals surface area contributed by atoms with E-state index in [0.717, 1.165) is 64.1 Å². The van der Waals surface area contributed by atoms with Crippen LogP contribution in [0.1, 0.15) is 106 Å². The molecule has 37 heavy (non-hydrogen) atoms. The summed E-state index contributed by atoms with van der Waals surface area (Å²) in [5.74, 6) is 3.74. The van der Waals surface area contributed by atoms with Gasteiger partial charge in [0.1, 0.15) is 5.78 Å². The normalized spacial score (nSPS) is 52.6. The molecule has 6 rings (SSSR count). The molecule has 4 aliphatic carbocycles. The highest BCUT2D eigenvalue weighted by molar-refractivity contribution is 5.84. The number of rotatable bonds is 4. The fourth-order valence-electron chi connectivity index (χ4n) is 10.9. The molecule has 208 valence electrons. The van der Waals surface area contributed by atoms with Gasteiger partial charge in [0.25, 0.3) is 0 Å². The van der Waals surface area contributed by atoms with Gasteiger partial charge in [-0.3, -0.25) is 4.79 Å². The van der Waals surface area contributed by atoms with Gasteiger partial charge in [-0.1, -0.05) is 47.6 Å². The minimum Gasteiger partial charge on any atom is -0.367 e. The Balaban J connectivity index is 1.22. The molecule has 4 nitrogen and oxygen atoms in total. The molecule has 0 bridgehead atoms. The van der Waals surface area contributed by atoms with Gasteiger partial charge in [0, 0.05) is 25.2 Å². The van der Waals surface area contributed by atoms with E-state index in [2.05, 4.69) is 48.1 Å². The van der Waals surface area contributed by atoms with Crippen LogP contribution in [0.15, 0.2) is 12.2 Å². The molecule has 0 amide bonds. The standard InChI is InChI=1S/C33H52O4/c1-20(2)33(23(5)24-9-8-21(3)16-29(24)37-33)11-10-25-26-17-22(4)31(7)19-32(35-14-15-36-32)13-12-30(31,6)27(26)18-28(25)34/h21-27,29H,1,8-19H2,2-7H3/t21-,22+,23-,24+,25+,26+,27+,29-,30-,31-,33+/m1/s1. The molecule has 0 aromatic carbocycles. The number of hydrogen-bond acceptors (Lipinski definition) is 4. The largest absolute Gasteiger partial charge is 0.367 e. The Morgan fingerprint density at radius 3 is 2.43 bits per heavy atom. The third-order valence-electron chi connectivity index (χ3n) is 13.6. The van der Waals surface area contributed by atoms with Gasteiger partial charge in [-0.15, -0.1) is 0 Å². The van der Waals surface area contributed by atoms with Crippen molar-refractivity contribution in [3.63, 3.8) is 0 Å². The van der Waals surface area contributed by atoms with Crippen LogP contribution in [0.3, 0.4) is 0 Å². The highest BCUT2D eigenvalue weighted by Crippen LogP contribution is 2.70. The molecule has 0 N–H and O–H groups in total. The van der Waals surface area contributed by atoms with Crippen LogP contribution in [0.2, 0.25) is 0 Å². The molecule has 2 aliphatic heterocycles. The predicted octanol–water partition coefficient (Wildman–Crippen LogP) is 7.35. The zero-order valence-corrected chi connectivity index (χ0v) is 24.4. The van der Waals surface area contributed by atoms with Gasteiger partial charge in [0.05, 0.1) is 24.9 Å². The Hall–Kier alpha value is -0.710. The topological polar surface area (TPSA) is 44.8 Å². The van der Waals surface area contributed by atoms with Crippen LogP contribution in [0.25, 0.3) is 0 Å². The number of Topliss-reactive ketones (excluding diaryl/α,β-unsaturated/α-hetero) is 1. The Morgan fingerprint density at radius 2 is 1.73 bits per heavy atom. The summed E-state index contributed by atoms with van der Waals surface area (Å²) in [6.45, 7) is 20.3. The van der Waals surface area contributed by atoms with Crippen LogP contribution in [0.5, 0.6) is 0 Å². The molecule has 4 heteroatoms. The molecule has 1 spiro atoms. The van der Waals surface area contributed by atoms with Crippen molar-refractivity contribution in [3.05, 3.63) is 12.2 Å². The fourth-order valence-corrected chi connectivity index (χ4v) is 10.9. The van der Waals surface area contributed by atoms with Crippen molar-refractivity contribution >= 4 is 5.78 Å². The van der Waals surface area contributed by atoms with Crippen molar-refractivity contribution in [2.45, 2.75) is 123 Å². The third-order valence-corrected chi connectivity index (χ3v) is 13.6. The van der Waals surface area contributed by atoms with E-state index in [9.17, 15) is 4.79 Å². The quantitative estimate of drug-likeness (QED) is 0.369. The summed E-state index contributed by atoms with van der Waals surface area (Å²) in [4.78, 5) is 13.8. The van der Waals surface area contributed by atoms with Gasteiger partial charge < -0.3 is 14.2 Å². The average Bonchev–Trinajstić information content (AvgIpc) is 3.50. The van der Waals surface area contributed by atoms with Crippen molar-refractivity contribution in [1.29, 1.82) is 0 Å². The van der Waals surface area contributed by atoms with Crippen molar-refractivity contribution in [2.24, 2.45) is 52.3 Å². The summed E-state index contributed by atoms with van der Waals surface area (Å²) in [5, 5.41) is 0. The summed E-state index contributed by atoms with van der Waals surface area (Å²) >= 11 is 0. The number of fused-ring (bicyclic) bond motifs is 4. The van der Waals surface area contributed by atoms with Gasteiger partial charge in [-0.25, -0.2) is 0 Å². The summed E-state index contributed by atoms with van der Waals surface area (Å²) < 4.78 is 19.4. The van der Waals surface area contributed by atoms with E-state index < -0.39 is 0 Å². The van der Waals surface area contributed by atoms with Crippen LogP contribution in [0.4, 0.5) is 0 Å². The summed E-state index contributed by atoms with van der Waals surface area (Å²) in [5.41, 5.74) is 1.22. The van der Waals surface area contributed by atoms with E-state index >= 15 is 0 Å². The predicted molar refractivity (Wildman–Crippen MR) is 146 cm³/mol. The van der Waals surface area contributed by atoms with E-state index in [1.54, 1.807) is 0 Å². The monoisotopic (exact) mass is 512 g/mol. The second kappa shape index (κ2) is 8.90. The lowest BCUT2D eigenvalue weighted by Crippen LogP contribution is -2.60. The Bertz CT molecular complexity index is 937. The van der Waals surface area contributed by atoms with Crippen molar-refractivity contribution in [1.82, 2.24) is 0 Å². The van der Waals surface area contributed by atoms with E-state index in [-0.39, 0.29) is 28.1 Å². The Labute approximate surface area is 225 Å². The summed E-state index contributed by atoms with van der Waals surface area (Å²) in [7, 11) is 0. The zero-order chi connectivity index (χ0) is 26.4. The second-order valence-corrected chi connectivity index (χ2v) is 15.0. The molecular weight excluding hydrogens is 460 g/mol. The van der Waals surface area contributed by atoms with E-state index in [4.69, 9.17) is 14.2 Å². The maximum atomic E-state index is 13.8. The van der Waals surface area contributed by atoms with E-state index in [1.807, 2.05) is 0 Å². The average molecular weight is 513 g/mol. The molecule has 0 unspecified atom stereocenters. The van der Waals surface area contributed by atoms with Gasteiger partial charge in [0.2, 0.25) is 0 Å². The van der Waals surface area contributed by atoms with Crippen molar-refractivity contribution in [2.75, 3.05) is 13.2 Å². The van der Waals surface area contributed by atoms with Crippen LogP contribution in [0, 0.1) is 52.3 Å². The molecule has 0 radical (unpaired) electrons. The first kappa shape index (κ1) is 26.5. The zero-order valence-electron chi connectivity index (χ0n) is 24.4. The molecule has 4 saturated carbocycles. The van der Waals surface area contributed by atoms with Crippen LogP contribution in [-0.2, 0) is 19.0 Å². The molecular formula is C33H52O4. The molecule has 2 heterocycles. The highest BCUT2D eigenvalue weighted by Gasteiger charge is 2.67. The molecule has 6 fully saturated rings. The van der Waals surface area contributed by atoms with Crippen LogP contribution < -0.4 is 0 Å². The SMILES string of the molecule is C=C(C)[C@]1(CC[C@@H]2C(=O)C[C@H]3[C@H]2C[C@H](C)[C@@]2(C)CC4(CC[C@]32C)OCCO4)O[C@@H]2C[C@H](C)CC[C@H]2[C@H]1C. The molecule has 6 aliphatic rings. The number of ketones is 1. The first-order valence-corrected chi connectivity index (χ1v) is 15.6. The molecule has 2 saturated heterocycles. The Morgan fingerprint density at radius 1 is 1.00 bits per heavy atom. The number of carbonyl (C=O) groups is 1.